The molecule has 0 N–H and O–H groups in total. The van der Waals surface area contributed by atoms with Crippen LogP contribution in [0.1, 0.15) is 17.5 Å². The number of benzene rings is 7. The van der Waals surface area contributed by atoms with Gasteiger partial charge in [-0.15, -0.1) is 0 Å². The van der Waals surface area contributed by atoms with E-state index in [1.807, 2.05) is 18.2 Å². The van der Waals surface area contributed by atoms with E-state index < -0.39 is 0 Å². The van der Waals surface area contributed by atoms with Gasteiger partial charge in [0.15, 0.2) is 17.5 Å². The predicted molar refractivity (Wildman–Crippen MR) is 209 cm³/mol. The number of hydrogen-bond acceptors (Lipinski definition) is 4. The van der Waals surface area contributed by atoms with Crippen LogP contribution in [0.2, 0.25) is 0 Å². The van der Waals surface area contributed by atoms with Gasteiger partial charge in [-0.2, -0.15) is 0 Å². The fourth-order valence-electron chi connectivity index (χ4n) is 7.33. The fourth-order valence-corrected chi connectivity index (χ4v) is 7.33. The lowest BCUT2D eigenvalue weighted by atomic mass is 9.95. The smallest absolute Gasteiger partial charge is 0.164 e. The summed E-state index contributed by atoms with van der Waals surface area (Å²) in [6.07, 6.45) is 6.56. The Kier molecular flexibility index (Phi) is 6.91. The SMILES string of the molecule is C1=Cc2cc(-c3nc(-c4ccc(-c5ccccc5)cc4)nc(-c4cc(-c5ccc6ccccc6c5)cc5oc6ccccc6c45)n3)ccc2CC1. The van der Waals surface area contributed by atoms with Crippen LogP contribution in [-0.4, -0.2) is 15.0 Å². The summed E-state index contributed by atoms with van der Waals surface area (Å²) in [4.78, 5) is 15.6. The van der Waals surface area contributed by atoms with E-state index in [2.05, 4.69) is 146 Å². The molecular formula is C47H31N3O. The van der Waals surface area contributed by atoms with Crippen molar-refractivity contribution in [2.24, 2.45) is 0 Å². The Morgan fingerprint density at radius 2 is 1.14 bits per heavy atom. The van der Waals surface area contributed by atoms with E-state index in [4.69, 9.17) is 19.4 Å². The zero-order valence-corrected chi connectivity index (χ0v) is 27.8. The summed E-state index contributed by atoms with van der Waals surface area (Å²) in [6, 6.07) is 53.1. The van der Waals surface area contributed by atoms with Gasteiger partial charge < -0.3 is 4.42 Å². The third-order valence-corrected chi connectivity index (χ3v) is 9.97. The van der Waals surface area contributed by atoms with E-state index in [1.165, 1.54) is 27.5 Å². The minimum atomic E-state index is 0.606. The highest BCUT2D eigenvalue weighted by Crippen LogP contribution is 2.40. The molecule has 2 aromatic heterocycles. The van der Waals surface area contributed by atoms with E-state index in [0.29, 0.717) is 17.5 Å². The third-order valence-electron chi connectivity index (χ3n) is 9.97. The Morgan fingerprint density at radius 1 is 0.451 bits per heavy atom. The van der Waals surface area contributed by atoms with E-state index in [-0.39, 0.29) is 0 Å². The van der Waals surface area contributed by atoms with Crippen LogP contribution in [0.3, 0.4) is 0 Å². The summed E-state index contributed by atoms with van der Waals surface area (Å²) >= 11 is 0. The van der Waals surface area contributed by atoms with E-state index in [1.54, 1.807) is 0 Å². The highest BCUT2D eigenvalue weighted by molar-refractivity contribution is 6.13. The van der Waals surface area contributed by atoms with Crippen molar-refractivity contribution in [3.8, 4) is 56.4 Å². The molecule has 0 fully saturated rings. The van der Waals surface area contributed by atoms with Gasteiger partial charge in [0.1, 0.15) is 11.2 Å². The van der Waals surface area contributed by atoms with Gasteiger partial charge in [0.2, 0.25) is 0 Å². The average molecular weight is 654 g/mol. The molecule has 4 heteroatoms. The lowest BCUT2D eigenvalue weighted by molar-refractivity contribution is 0.669. The van der Waals surface area contributed by atoms with Crippen molar-refractivity contribution >= 4 is 38.8 Å². The molecule has 0 aliphatic heterocycles. The highest BCUT2D eigenvalue weighted by atomic mass is 16.3. The number of allylic oxidation sites excluding steroid dienone is 1. The lowest BCUT2D eigenvalue weighted by Gasteiger charge is -2.14. The molecule has 240 valence electrons. The molecule has 0 spiro atoms. The molecule has 2 heterocycles. The van der Waals surface area contributed by atoms with Crippen molar-refractivity contribution in [3.63, 3.8) is 0 Å². The minimum absolute atomic E-state index is 0.606. The molecule has 0 bridgehead atoms. The van der Waals surface area contributed by atoms with Crippen LogP contribution in [0, 0.1) is 0 Å². The average Bonchev–Trinajstić information content (AvgIpc) is 3.59. The van der Waals surface area contributed by atoms with Crippen LogP contribution < -0.4 is 0 Å². The van der Waals surface area contributed by atoms with Gasteiger partial charge in [0.25, 0.3) is 0 Å². The molecule has 0 atom stereocenters. The molecule has 9 aromatic rings. The molecule has 0 saturated heterocycles. The van der Waals surface area contributed by atoms with Crippen LogP contribution >= 0.6 is 0 Å². The zero-order chi connectivity index (χ0) is 33.7. The van der Waals surface area contributed by atoms with Crippen LogP contribution in [0.5, 0.6) is 0 Å². The van der Waals surface area contributed by atoms with E-state index in [0.717, 1.165) is 68.2 Å². The van der Waals surface area contributed by atoms with Crippen molar-refractivity contribution in [2.75, 3.05) is 0 Å². The number of furan rings is 1. The van der Waals surface area contributed by atoms with E-state index in [9.17, 15) is 0 Å². The first-order chi connectivity index (χ1) is 25.2. The molecule has 0 radical (unpaired) electrons. The summed E-state index contributed by atoms with van der Waals surface area (Å²) in [5, 5.41) is 4.41. The number of hydrogen-bond donors (Lipinski definition) is 0. The summed E-state index contributed by atoms with van der Waals surface area (Å²) in [5.74, 6) is 1.87. The van der Waals surface area contributed by atoms with Crippen molar-refractivity contribution in [2.45, 2.75) is 12.8 Å². The number of para-hydroxylation sites is 1. The van der Waals surface area contributed by atoms with Crippen LogP contribution in [0.25, 0.3) is 95.2 Å². The molecule has 4 nitrogen and oxygen atoms in total. The number of rotatable bonds is 5. The molecule has 7 aromatic carbocycles. The Balaban J connectivity index is 1.21. The fraction of sp³-hybridized carbons (Fsp3) is 0.0426. The topological polar surface area (TPSA) is 51.8 Å². The Bertz CT molecular complexity index is 2800. The summed E-state index contributed by atoms with van der Waals surface area (Å²) in [7, 11) is 0. The largest absolute Gasteiger partial charge is 0.456 e. The second-order valence-corrected chi connectivity index (χ2v) is 13.2. The van der Waals surface area contributed by atoms with Gasteiger partial charge in [-0.25, -0.2) is 15.0 Å². The minimum Gasteiger partial charge on any atom is -0.456 e. The normalized spacial score (nSPS) is 12.5. The number of nitrogens with zero attached hydrogens (tertiary/aromatic N) is 3. The predicted octanol–water partition coefficient (Wildman–Crippen LogP) is 12.2. The van der Waals surface area contributed by atoms with Gasteiger partial charge in [0, 0.05) is 27.5 Å². The molecule has 0 amide bonds. The molecule has 0 unspecified atom stereocenters. The Hall–Kier alpha value is -6.65. The molecule has 51 heavy (non-hydrogen) atoms. The number of aromatic nitrogens is 3. The summed E-state index contributed by atoms with van der Waals surface area (Å²) < 4.78 is 6.53. The second kappa shape index (κ2) is 12.0. The van der Waals surface area contributed by atoms with E-state index >= 15 is 0 Å². The maximum absolute atomic E-state index is 6.53. The van der Waals surface area contributed by atoms with Crippen molar-refractivity contribution < 1.29 is 4.42 Å². The van der Waals surface area contributed by atoms with Crippen molar-refractivity contribution in [3.05, 3.63) is 169 Å². The summed E-state index contributed by atoms with van der Waals surface area (Å²) in [5.41, 5.74) is 11.4. The van der Waals surface area contributed by atoms with Crippen molar-refractivity contribution in [1.82, 2.24) is 15.0 Å². The first-order valence-electron chi connectivity index (χ1n) is 17.4. The monoisotopic (exact) mass is 653 g/mol. The van der Waals surface area contributed by atoms with Gasteiger partial charge in [-0.05, 0) is 87.3 Å². The van der Waals surface area contributed by atoms with Crippen LogP contribution in [0.15, 0.2) is 162 Å². The third kappa shape index (κ3) is 5.29. The maximum atomic E-state index is 6.53. The number of fused-ring (bicyclic) bond motifs is 5. The molecule has 1 aliphatic carbocycles. The van der Waals surface area contributed by atoms with Crippen LogP contribution in [0.4, 0.5) is 0 Å². The van der Waals surface area contributed by atoms with Gasteiger partial charge in [-0.1, -0.05) is 133 Å². The molecular weight excluding hydrogens is 623 g/mol. The van der Waals surface area contributed by atoms with Gasteiger partial charge in [-0.3, -0.25) is 0 Å². The maximum Gasteiger partial charge on any atom is 0.164 e. The first kappa shape index (κ1) is 29.3. The molecule has 1 aliphatic rings. The quantitative estimate of drug-likeness (QED) is 0.185. The summed E-state index contributed by atoms with van der Waals surface area (Å²) in [6.45, 7) is 0. The first-order valence-corrected chi connectivity index (χ1v) is 17.4. The lowest BCUT2D eigenvalue weighted by Crippen LogP contribution is -2.02. The molecule has 0 saturated carbocycles. The Morgan fingerprint density at radius 3 is 2.02 bits per heavy atom. The zero-order valence-electron chi connectivity index (χ0n) is 27.8. The number of aryl methyl sites for hydroxylation is 1. The van der Waals surface area contributed by atoms with Crippen LogP contribution in [-0.2, 0) is 6.42 Å². The van der Waals surface area contributed by atoms with Crippen molar-refractivity contribution in [1.29, 1.82) is 0 Å². The Labute approximate surface area is 295 Å². The van der Waals surface area contributed by atoms with Gasteiger partial charge >= 0.3 is 0 Å². The second-order valence-electron chi connectivity index (χ2n) is 13.2. The van der Waals surface area contributed by atoms with Gasteiger partial charge in [0.05, 0.1) is 0 Å². The standard InChI is InChI=1S/C47H31N3O/c1-2-10-30(11-3-1)33-18-22-34(23-19-33)45-48-46(38-25-21-32-13-5-7-15-36(32)27-38)50-47(49-45)41-28-39(37-24-20-31-12-4-6-14-35(31)26-37)29-43-44(41)40-16-8-9-17-42(40)51-43/h1-4,6-12,14-29H,5,13H2. The highest BCUT2D eigenvalue weighted by Gasteiger charge is 2.20. The molecule has 10 rings (SSSR count).